The summed E-state index contributed by atoms with van der Waals surface area (Å²) in [6.07, 6.45) is 0.449. The molecule has 28 heavy (non-hydrogen) atoms. The minimum absolute atomic E-state index is 0. The van der Waals surface area contributed by atoms with Gasteiger partial charge in [-0.1, -0.05) is 12.1 Å². The zero-order valence-electron chi connectivity index (χ0n) is 14.7. The Morgan fingerprint density at radius 3 is 2.61 bits per heavy atom. The second-order valence-electron chi connectivity index (χ2n) is 6.32. The summed E-state index contributed by atoms with van der Waals surface area (Å²) in [5.41, 5.74) is 5.92. The minimum Gasteiger partial charge on any atom is -0.329 e. The van der Waals surface area contributed by atoms with Gasteiger partial charge in [0.15, 0.2) is 0 Å². The van der Waals surface area contributed by atoms with Crippen molar-refractivity contribution < 1.29 is 22.0 Å². The smallest absolute Gasteiger partial charge is 0.240 e. The second kappa shape index (κ2) is 8.95. The van der Waals surface area contributed by atoms with E-state index >= 15 is 0 Å². The predicted molar refractivity (Wildman–Crippen MR) is 104 cm³/mol. The lowest BCUT2D eigenvalue weighted by atomic mass is 10.1. The van der Waals surface area contributed by atoms with Gasteiger partial charge >= 0.3 is 0 Å². The maximum Gasteiger partial charge on any atom is 0.240 e. The Kier molecular flexibility index (Phi) is 7.11. The minimum atomic E-state index is -3.72. The summed E-state index contributed by atoms with van der Waals surface area (Å²) in [5.74, 6) is -2.44. The van der Waals surface area contributed by atoms with Crippen LogP contribution in [-0.4, -0.2) is 27.4 Å². The largest absolute Gasteiger partial charge is 0.329 e. The molecule has 2 aromatic carbocycles. The fourth-order valence-electron chi connectivity index (χ4n) is 2.88. The number of nitrogens with two attached hydrogens (primary N) is 1. The van der Waals surface area contributed by atoms with Gasteiger partial charge in [-0.2, -0.15) is 0 Å². The lowest BCUT2D eigenvalue weighted by molar-refractivity contribution is -0.117. The number of benzene rings is 2. The Morgan fingerprint density at radius 1 is 1.18 bits per heavy atom. The van der Waals surface area contributed by atoms with E-state index in [9.17, 15) is 22.0 Å². The molecule has 1 aliphatic carbocycles. The molecule has 1 amide bonds. The lowest BCUT2D eigenvalue weighted by Crippen LogP contribution is -2.29. The van der Waals surface area contributed by atoms with E-state index in [2.05, 4.69) is 10.0 Å². The molecule has 1 aliphatic rings. The fourth-order valence-corrected chi connectivity index (χ4v) is 3.98. The second-order valence-corrected chi connectivity index (χ2v) is 8.09. The highest BCUT2D eigenvalue weighted by atomic mass is 35.5. The van der Waals surface area contributed by atoms with Crippen LogP contribution >= 0.6 is 12.4 Å². The van der Waals surface area contributed by atoms with Crippen molar-refractivity contribution in [3.05, 3.63) is 59.7 Å². The first-order valence-electron chi connectivity index (χ1n) is 8.37. The van der Waals surface area contributed by atoms with Crippen molar-refractivity contribution in [2.45, 2.75) is 17.2 Å². The van der Waals surface area contributed by atoms with E-state index in [0.29, 0.717) is 17.7 Å². The summed E-state index contributed by atoms with van der Waals surface area (Å²) in [5, 5.41) is 2.65. The molecule has 10 heteroatoms. The summed E-state index contributed by atoms with van der Waals surface area (Å²) < 4.78 is 53.4. The monoisotopic (exact) mass is 431 g/mol. The first-order valence-corrected chi connectivity index (χ1v) is 9.86. The van der Waals surface area contributed by atoms with Crippen molar-refractivity contribution >= 4 is 34.0 Å². The fraction of sp³-hybridized carbons (Fsp3) is 0.278. The van der Waals surface area contributed by atoms with Gasteiger partial charge in [-0.05, 0) is 42.2 Å². The predicted octanol–water partition coefficient (Wildman–Crippen LogP) is 2.37. The van der Waals surface area contributed by atoms with Gasteiger partial charge in [-0.25, -0.2) is 21.9 Å². The Balaban J connectivity index is 0.00000280. The maximum absolute atomic E-state index is 13.8. The van der Waals surface area contributed by atoms with Crippen molar-refractivity contribution in [1.29, 1.82) is 0 Å². The first-order chi connectivity index (χ1) is 12.8. The Bertz CT molecular complexity index is 972. The highest BCUT2D eigenvalue weighted by molar-refractivity contribution is 7.89. The number of hydrogen-bond acceptors (Lipinski definition) is 4. The summed E-state index contributed by atoms with van der Waals surface area (Å²) >= 11 is 0. The summed E-state index contributed by atoms with van der Waals surface area (Å²) in [6.45, 7) is 0.268. The van der Waals surface area contributed by atoms with Gasteiger partial charge in [0.25, 0.3) is 0 Å². The molecule has 3 rings (SSSR count). The Hall–Kier alpha value is -2.07. The van der Waals surface area contributed by atoms with E-state index in [-0.39, 0.29) is 42.2 Å². The van der Waals surface area contributed by atoms with Gasteiger partial charge in [0.1, 0.15) is 11.6 Å². The van der Waals surface area contributed by atoms with Gasteiger partial charge in [0.05, 0.1) is 4.90 Å². The molecule has 152 valence electrons. The molecule has 0 radical (unpaired) electrons. The van der Waals surface area contributed by atoms with Crippen molar-refractivity contribution in [1.82, 2.24) is 4.72 Å². The van der Waals surface area contributed by atoms with E-state index in [0.717, 1.165) is 12.1 Å². The molecule has 0 aliphatic heterocycles. The van der Waals surface area contributed by atoms with Crippen molar-refractivity contribution in [2.24, 2.45) is 11.7 Å². The molecule has 2 atom stereocenters. The number of nitrogens with one attached hydrogen (secondary N) is 2. The van der Waals surface area contributed by atoms with E-state index in [1.807, 2.05) is 0 Å². The molecule has 0 spiro atoms. The summed E-state index contributed by atoms with van der Waals surface area (Å²) in [6, 6.07) is 9.12. The van der Waals surface area contributed by atoms with Crippen LogP contribution in [0.5, 0.6) is 0 Å². The standard InChI is InChI=1S/C18H19F2N3O3S.ClH/c19-11-4-5-14(17(20)8-11)15-10-16(15)18(24)23-12-2-1-3-13(9-12)27(25,26)22-7-6-21;/h1-5,8-9,15-16,22H,6-7,10,21H2,(H,23,24);1H. The quantitative estimate of drug-likeness (QED) is 0.626. The third kappa shape index (κ3) is 5.05. The number of carbonyl (C=O) groups excluding carboxylic acids is 1. The molecule has 6 nitrogen and oxygen atoms in total. The van der Waals surface area contributed by atoms with Crippen LogP contribution in [-0.2, 0) is 14.8 Å². The number of rotatable bonds is 7. The number of amides is 1. The molecular formula is C18H20ClF2N3O3S. The Labute approximate surface area is 168 Å². The molecule has 0 aromatic heterocycles. The van der Waals surface area contributed by atoms with E-state index in [1.54, 1.807) is 6.07 Å². The zero-order valence-corrected chi connectivity index (χ0v) is 16.3. The van der Waals surface area contributed by atoms with E-state index in [4.69, 9.17) is 5.73 Å². The van der Waals surface area contributed by atoms with Crippen LogP contribution in [0.4, 0.5) is 14.5 Å². The highest BCUT2D eigenvalue weighted by Crippen LogP contribution is 2.48. The van der Waals surface area contributed by atoms with Gasteiger partial charge < -0.3 is 11.1 Å². The van der Waals surface area contributed by atoms with E-state index < -0.39 is 27.6 Å². The number of hydrogen-bond donors (Lipinski definition) is 3. The first kappa shape index (κ1) is 22.2. The number of carbonyl (C=O) groups is 1. The SMILES string of the molecule is Cl.NCCNS(=O)(=O)c1cccc(NC(=O)C2CC2c2ccc(F)cc2F)c1. The molecule has 0 heterocycles. The van der Waals surface area contributed by atoms with Crippen molar-refractivity contribution in [3.63, 3.8) is 0 Å². The number of halogens is 3. The third-order valence-corrected chi connectivity index (χ3v) is 5.80. The number of anilines is 1. The molecule has 2 unspecified atom stereocenters. The highest BCUT2D eigenvalue weighted by Gasteiger charge is 2.45. The molecule has 0 saturated heterocycles. The van der Waals surface area contributed by atoms with Gasteiger partial charge in [0.2, 0.25) is 15.9 Å². The van der Waals surface area contributed by atoms with Crippen LogP contribution in [0.3, 0.4) is 0 Å². The zero-order chi connectivity index (χ0) is 19.6. The lowest BCUT2D eigenvalue weighted by Gasteiger charge is -2.09. The van der Waals surface area contributed by atoms with E-state index in [1.165, 1.54) is 24.3 Å². The molecule has 2 aromatic rings. The van der Waals surface area contributed by atoms with Crippen LogP contribution in [0.15, 0.2) is 47.4 Å². The normalized spacial score (nSPS) is 18.2. The maximum atomic E-state index is 13.8. The molecule has 1 saturated carbocycles. The van der Waals surface area contributed by atoms with Crippen LogP contribution in [0.2, 0.25) is 0 Å². The molecule has 1 fully saturated rings. The van der Waals surface area contributed by atoms with Crippen LogP contribution < -0.4 is 15.8 Å². The van der Waals surface area contributed by atoms with Crippen molar-refractivity contribution in [3.8, 4) is 0 Å². The van der Waals surface area contributed by atoms with Gasteiger partial charge in [-0.3, -0.25) is 4.79 Å². The van der Waals surface area contributed by atoms with Gasteiger partial charge in [0, 0.05) is 30.8 Å². The topological polar surface area (TPSA) is 101 Å². The Morgan fingerprint density at radius 2 is 1.93 bits per heavy atom. The summed E-state index contributed by atoms with van der Waals surface area (Å²) in [4.78, 5) is 12.4. The third-order valence-electron chi connectivity index (χ3n) is 4.34. The molecular weight excluding hydrogens is 412 g/mol. The number of sulfonamides is 1. The summed E-state index contributed by atoms with van der Waals surface area (Å²) in [7, 11) is -3.72. The average Bonchev–Trinajstić information content (AvgIpc) is 3.41. The van der Waals surface area contributed by atoms with Crippen LogP contribution in [0, 0.1) is 17.6 Å². The molecule has 4 N–H and O–H groups in total. The molecule has 0 bridgehead atoms. The van der Waals surface area contributed by atoms with Crippen LogP contribution in [0.1, 0.15) is 17.9 Å². The van der Waals surface area contributed by atoms with Crippen molar-refractivity contribution in [2.75, 3.05) is 18.4 Å². The van der Waals surface area contributed by atoms with Gasteiger partial charge in [-0.15, -0.1) is 12.4 Å². The average molecular weight is 432 g/mol. The van der Waals surface area contributed by atoms with Crippen LogP contribution in [0.25, 0.3) is 0 Å².